The van der Waals surface area contributed by atoms with Crippen molar-refractivity contribution in [2.24, 2.45) is 0 Å². The zero-order valence-corrected chi connectivity index (χ0v) is 27.0. The maximum Gasteiger partial charge on any atom is 0.258 e. The van der Waals surface area contributed by atoms with Crippen LogP contribution in [0.1, 0.15) is 28.4 Å². The highest BCUT2D eigenvalue weighted by molar-refractivity contribution is 9.10. The van der Waals surface area contributed by atoms with Crippen molar-refractivity contribution < 1.29 is 23.5 Å². The molecule has 0 saturated heterocycles. The molecular formula is C33H30BrClFN5O4. The zero-order valence-electron chi connectivity index (χ0n) is 24.6. The van der Waals surface area contributed by atoms with Crippen molar-refractivity contribution in [2.45, 2.75) is 25.6 Å². The van der Waals surface area contributed by atoms with Gasteiger partial charge in [0, 0.05) is 15.6 Å². The lowest BCUT2D eigenvalue weighted by atomic mass is 10.0. The number of hydrogen-bond donors (Lipinski definition) is 2. The molecule has 4 aromatic rings. The van der Waals surface area contributed by atoms with E-state index in [-0.39, 0.29) is 36.6 Å². The number of rotatable bonds is 7. The molecule has 0 spiro atoms. The molecule has 0 aromatic heterocycles. The van der Waals surface area contributed by atoms with E-state index in [0.717, 1.165) is 15.2 Å². The van der Waals surface area contributed by atoms with Crippen LogP contribution in [0.15, 0.2) is 77.3 Å². The fraction of sp³-hybridized carbons (Fsp3) is 0.212. The van der Waals surface area contributed by atoms with E-state index in [1.807, 2.05) is 30.3 Å². The summed E-state index contributed by atoms with van der Waals surface area (Å²) < 4.78 is 20.3. The quantitative estimate of drug-likeness (QED) is 0.271. The Labute approximate surface area is 274 Å². The molecule has 45 heavy (non-hydrogen) atoms. The lowest BCUT2D eigenvalue weighted by Crippen LogP contribution is -2.55. The standard InChI is InChI=1S/C33H29BrFN5O4.ClH/c1-19(37-2)31(41)38-27-18-40(32(42)21-8-10-22(35)11-9-21)29-15-20(16-36)7-13-28(29)39(33(27)43)17-25-23-5-4-6-26(34)24(23)12-14-30(25)44-3;/h4-15,19,27,37H,17-18H2,1-3H3,(H,38,41);1H. The van der Waals surface area contributed by atoms with Gasteiger partial charge in [-0.2, -0.15) is 5.26 Å². The van der Waals surface area contributed by atoms with Crippen LogP contribution in [0, 0.1) is 17.1 Å². The van der Waals surface area contributed by atoms with Crippen LogP contribution in [-0.2, 0) is 16.1 Å². The summed E-state index contributed by atoms with van der Waals surface area (Å²) >= 11 is 3.60. The van der Waals surface area contributed by atoms with E-state index in [1.165, 1.54) is 40.1 Å². The molecule has 1 aliphatic heterocycles. The fourth-order valence-corrected chi connectivity index (χ4v) is 5.71. The third-order valence-electron chi connectivity index (χ3n) is 7.71. The number of carbonyl (C=O) groups is 3. The largest absolute Gasteiger partial charge is 0.496 e. The predicted molar refractivity (Wildman–Crippen MR) is 176 cm³/mol. The number of nitrogens with zero attached hydrogens (tertiary/aromatic N) is 3. The number of amides is 3. The first-order valence-corrected chi connectivity index (χ1v) is 14.6. The SMILES string of the molecule is CNC(C)C(=O)NC1CN(C(=O)c2ccc(F)cc2)c2cc(C#N)ccc2N(Cc2c(OC)ccc3c(Br)cccc23)C1=O.Cl. The van der Waals surface area contributed by atoms with Crippen LogP contribution in [-0.4, -0.2) is 50.5 Å². The number of likely N-dealkylation sites (N-methyl/N-ethyl adjacent to an activating group) is 1. The minimum absolute atomic E-state index is 0. The van der Waals surface area contributed by atoms with Crippen molar-refractivity contribution >= 4 is 68.2 Å². The van der Waals surface area contributed by atoms with Gasteiger partial charge in [0.25, 0.3) is 11.8 Å². The zero-order chi connectivity index (χ0) is 31.5. The summed E-state index contributed by atoms with van der Waals surface area (Å²) in [7, 11) is 3.17. The maximum absolute atomic E-state index is 14.5. The van der Waals surface area contributed by atoms with Gasteiger partial charge in [-0.15, -0.1) is 12.4 Å². The first-order chi connectivity index (χ1) is 21.2. The highest BCUT2D eigenvalue weighted by atomic mass is 79.9. The molecule has 0 bridgehead atoms. The first-order valence-electron chi connectivity index (χ1n) is 13.8. The summed E-state index contributed by atoms with van der Waals surface area (Å²) in [6.07, 6.45) is 0. The van der Waals surface area contributed by atoms with Crippen molar-refractivity contribution in [1.82, 2.24) is 10.6 Å². The molecule has 0 saturated carbocycles. The van der Waals surface area contributed by atoms with Crippen molar-refractivity contribution in [2.75, 3.05) is 30.5 Å². The molecule has 4 aromatic carbocycles. The van der Waals surface area contributed by atoms with E-state index in [4.69, 9.17) is 4.74 Å². The van der Waals surface area contributed by atoms with E-state index in [2.05, 4.69) is 32.6 Å². The Kier molecular flexibility index (Phi) is 10.4. The summed E-state index contributed by atoms with van der Waals surface area (Å²) in [5.74, 6) is -1.38. The second-order valence-electron chi connectivity index (χ2n) is 10.3. The molecule has 5 rings (SSSR count). The van der Waals surface area contributed by atoms with Gasteiger partial charge in [-0.3, -0.25) is 14.4 Å². The molecule has 2 unspecified atom stereocenters. The highest BCUT2D eigenvalue weighted by Gasteiger charge is 2.38. The number of benzene rings is 4. The molecule has 2 atom stereocenters. The maximum atomic E-state index is 14.5. The summed E-state index contributed by atoms with van der Waals surface area (Å²) in [4.78, 5) is 44.4. The molecule has 0 radical (unpaired) electrons. The summed E-state index contributed by atoms with van der Waals surface area (Å²) in [6.45, 7) is 1.46. The Morgan fingerprint density at radius 2 is 1.82 bits per heavy atom. The number of nitrogens with one attached hydrogen (secondary N) is 2. The molecule has 3 amide bonds. The van der Waals surface area contributed by atoms with Gasteiger partial charge in [-0.05, 0) is 85.4 Å². The second-order valence-corrected chi connectivity index (χ2v) is 11.2. The molecule has 232 valence electrons. The van der Waals surface area contributed by atoms with Crippen LogP contribution in [0.4, 0.5) is 15.8 Å². The third-order valence-corrected chi connectivity index (χ3v) is 8.40. The van der Waals surface area contributed by atoms with Gasteiger partial charge in [0.15, 0.2) is 0 Å². The summed E-state index contributed by atoms with van der Waals surface area (Å²) in [5, 5.41) is 17.2. The van der Waals surface area contributed by atoms with Crippen LogP contribution in [0.25, 0.3) is 10.8 Å². The van der Waals surface area contributed by atoms with Gasteiger partial charge in [0.2, 0.25) is 5.91 Å². The number of methoxy groups -OCH3 is 1. The Morgan fingerprint density at radius 1 is 1.09 bits per heavy atom. The molecule has 1 heterocycles. The Balaban J connectivity index is 0.00000461. The third kappa shape index (κ3) is 6.63. The predicted octanol–water partition coefficient (Wildman–Crippen LogP) is 5.33. The topological polar surface area (TPSA) is 115 Å². The van der Waals surface area contributed by atoms with Gasteiger partial charge in [0.05, 0.1) is 49.2 Å². The number of halogens is 3. The van der Waals surface area contributed by atoms with Gasteiger partial charge in [0.1, 0.15) is 17.6 Å². The number of ether oxygens (including phenoxy) is 1. The monoisotopic (exact) mass is 693 g/mol. The van der Waals surface area contributed by atoms with Gasteiger partial charge in [-0.1, -0.05) is 28.1 Å². The lowest BCUT2D eigenvalue weighted by molar-refractivity contribution is -0.128. The van der Waals surface area contributed by atoms with Crippen LogP contribution in [0.2, 0.25) is 0 Å². The van der Waals surface area contributed by atoms with Crippen LogP contribution < -0.4 is 25.2 Å². The molecule has 0 aliphatic carbocycles. The van der Waals surface area contributed by atoms with Crippen LogP contribution in [0.3, 0.4) is 0 Å². The van der Waals surface area contributed by atoms with Crippen molar-refractivity contribution in [3.63, 3.8) is 0 Å². The number of fused-ring (bicyclic) bond motifs is 2. The molecular weight excluding hydrogens is 665 g/mol. The van der Waals surface area contributed by atoms with E-state index < -0.39 is 35.6 Å². The molecule has 0 fully saturated rings. The van der Waals surface area contributed by atoms with E-state index in [1.54, 1.807) is 33.2 Å². The van der Waals surface area contributed by atoms with Crippen molar-refractivity contribution in [3.8, 4) is 11.8 Å². The number of hydrogen-bond acceptors (Lipinski definition) is 6. The lowest BCUT2D eigenvalue weighted by Gasteiger charge is -2.27. The van der Waals surface area contributed by atoms with Crippen molar-refractivity contribution in [3.05, 3.63) is 99.8 Å². The Hall–Kier alpha value is -4.50. The van der Waals surface area contributed by atoms with Gasteiger partial charge >= 0.3 is 0 Å². The summed E-state index contributed by atoms with van der Waals surface area (Å²) in [6, 6.07) is 19.6. The first kappa shape index (κ1) is 33.4. The van der Waals surface area contributed by atoms with E-state index in [9.17, 15) is 24.0 Å². The summed E-state index contributed by atoms with van der Waals surface area (Å²) in [5.41, 5.74) is 1.81. The Morgan fingerprint density at radius 3 is 2.49 bits per heavy atom. The normalized spacial score (nSPS) is 14.9. The average Bonchev–Trinajstić information content (AvgIpc) is 3.14. The molecule has 1 aliphatic rings. The molecule has 9 nitrogen and oxygen atoms in total. The smallest absolute Gasteiger partial charge is 0.258 e. The van der Waals surface area contributed by atoms with E-state index in [0.29, 0.717) is 22.7 Å². The molecule has 12 heteroatoms. The highest BCUT2D eigenvalue weighted by Crippen LogP contribution is 2.39. The number of carbonyl (C=O) groups excluding carboxylic acids is 3. The van der Waals surface area contributed by atoms with E-state index >= 15 is 0 Å². The van der Waals surface area contributed by atoms with Gasteiger partial charge in [-0.25, -0.2) is 4.39 Å². The minimum Gasteiger partial charge on any atom is -0.496 e. The molecule has 2 N–H and O–H groups in total. The minimum atomic E-state index is -1.16. The number of anilines is 2. The average molecular weight is 695 g/mol. The van der Waals surface area contributed by atoms with Crippen LogP contribution in [0.5, 0.6) is 5.75 Å². The van der Waals surface area contributed by atoms with Gasteiger partial charge < -0.3 is 25.2 Å². The second kappa shape index (κ2) is 14.1. The fourth-order valence-electron chi connectivity index (χ4n) is 5.22. The Bertz CT molecular complexity index is 1810. The van der Waals surface area contributed by atoms with Crippen LogP contribution >= 0.6 is 28.3 Å². The van der Waals surface area contributed by atoms with Crippen molar-refractivity contribution in [1.29, 1.82) is 5.26 Å². The number of nitriles is 1.